The molecule has 0 saturated carbocycles. The summed E-state index contributed by atoms with van der Waals surface area (Å²) in [5.41, 5.74) is 4.52. The first-order valence-electron chi connectivity index (χ1n) is 3.70. The molecule has 0 aliphatic heterocycles. The summed E-state index contributed by atoms with van der Waals surface area (Å²) in [4.78, 5) is 20.1. The van der Waals surface area contributed by atoms with Gasteiger partial charge < -0.3 is 10.2 Å². The molecule has 0 aliphatic rings. The number of nitrogens with two attached hydrogens (primary N) is 1. The van der Waals surface area contributed by atoms with Gasteiger partial charge in [-0.2, -0.15) is 5.26 Å². The highest BCUT2D eigenvalue weighted by Crippen LogP contribution is 2.17. The fourth-order valence-electron chi connectivity index (χ4n) is 0.819. The minimum atomic E-state index is -0.920. The Kier molecular flexibility index (Phi) is 2.83. The van der Waals surface area contributed by atoms with Gasteiger partial charge in [-0.3, -0.25) is 14.9 Å². The first-order valence-corrected chi connectivity index (χ1v) is 3.70. The SMILES string of the molecule is N#CC(=Cc1ccc([N+](=O)[O-])o1)C(N)=O. The maximum Gasteiger partial charge on any atom is 0.433 e. The molecule has 15 heavy (non-hydrogen) atoms. The Morgan fingerprint density at radius 2 is 2.33 bits per heavy atom. The van der Waals surface area contributed by atoms with Crippen molar-refractivity contribution in [1.29, 1.82) is 5.26 Å². The number of carbonyl (C=O) groups excluding carboxylic acids is 1. The van der Waals surface area contributed by atoms with E-state index in [1.165, 1.54) is 6.07 Å². The molecule has 1 rings (SSSR count). The van der Waals surface area contributed by atoms with Crippen molar-refractivity contribution in [2.45, 2.75) is 0 Å². The molecule has 0 spiro atoms. The van der Waals surface area contributed by atoms with Gasteiger partial charge in [0.05, 0.1) is 6.07 Å². The van der Waals surface area contributed by atoms with Crippen LogP contribution in [0.15, 0.2) is 22.1 Å². The van der Waals surface area contributed by atoms with Gasteiger partial charge in [0, 0.05) is 6.08 Å². The molecule has 1 aromatic heterocycles. The molecule has 0 atom stereocenters. The van der Waals surface area contributed by atoms with Gasteiger partial charge in [-0.05, 0) is 6.07 Å². The monoisotopic (exact) mass is 207 g/mol. The summed E-state index contributed by atoms with van der Waals surface area (Å²) in [6, 6.07) is 3.92. The van der Waals surface area contributed by atoms with E-state index in [9.17, 15) is 14.9 Å². The average Bonchev–Trinajstić information content (AvgIpc) is 2.61. The van der Waals surface area contributed by atoms with Gasteiger partial charge >= 0.3 is 5.88 Å². The standard InChI is InChI=1S/C8H5N3O4/c9-4-5(8(10)12)3-6-1-2-7(15-6)11(13)14/h1-3H,(H2,10,12). The van der Waals surface area contributed by atoms with E-state index in [2.05, 4.69) is 0 Å². The van der Waals surface area contributed by atoms with Crippen LogP contribution in [0.25, 0.3) is 6.08 Å². The van der Waals surface area contributed by atoms with Crippen LogP contribution in [-0.2, 0) is 4.79 Å². The van der Waals surface area contributed by atoms with Crippen LogP contribution in [0, 0.1) is 21.4 Å². The van der Waals surface area contributed by atoms with Gasteiger partial charge in [-0.15, -0.1) is 0 Å². The second-order valence-electron chi connectivity index (χ2n) is 2.47. The van der Waals surface area contributed by atoms with Crippen LogP contribution in [-0.4, -0.2) is 10.8 Å². The van der Waals surface area contributed by atoms with Crippen molar-refractivity contribution in [3.05, 3.63) is 33.6 Å². The van der Waals surface area contributed by atoms with E-state index in [0.717, 1.165) is 12.1 Å². The Morgan fingerprint density at radius 3 is 2.73 bits per heavy atom. The highest BCUT2D eigenvalue weighted by atomic mass is 16.6. The van der Waals surface area contributed by atoms with E-state index in [0.29, 0.717) is 0 Å². The zero-order chi connectivity index (χ0) is 11.4. The number of carbonyl (C=O) groups is 1. The summed E-state index contributed by atoms with van der Waals surface area (Å²) < 4.78 is 4.69. The van der Waals surface area contributed by atoms with Crippen molar-refractivity contribution < 1.29 is 14.1 Å². The summed E-state index contributed by atoms with van der Waals surface area (Å²) in [5, 5.41) is 18.7. The van der Waals surface area contributed by atoms with Crippen molar-refractivity contribution in [2.75, 3.05) is 0 Å². The van der Waals surface area contributed by atoms with Crippen molar-refractivity contribution >= 4 is 17.9 Å². The Bertz CT molecular complexity index is 480. The zero-order valence-corrected chi connectivity index (χ0v) is 7.34. The second-order valence-corrected chi connectivity index (χ2v) is 2.47. The quantitative estimate of drug-likeness (QED) is 0.336. The fourth-order valence-corrected chi connectivity index (χ4v) is 0.819. The lowest BCUT2D eigenvalue weighted by Gasteiger charge is -1.88. The Morgan fingerprint density at radius 1 is 1.67 bits per heavy atom. The molecule has 0 fully saturated rings. The number of furan rings is 1. The van der Waals surface area contributed by atoms with E-state index in [4.69, 9.17) is 15.4 Å². The molecule has 1 aromatic rings. The molecule has 2 N–H and O–H groups in total. The lowest BCUT2D eigenvalue weighted by molar-refractivity contribution is -0.402. The third-order valence-electron chi connectivity index (χ3n) is 1.47. The predicted octanol–water partition coefficient (Wildman–Crippen LogP) is 0.580. The lowest BCUT2D eigenvalue weighted by Crippen LogP contribution is -2.12. The van der Waals surface area contributed by atoms with E-state index < -0.39 is 16.7 Å². The molecule has 0 aromatic carbocycles. The van der Waals surface area contributed by atoms with E-state index in [1.807, 2.05) is 0 Å². The molecule has 7 nitrogen and oxygen atoms in total. The maximum atomic E-state index is 10.6. The highest BCUT2D eigenvalue weighted by molar-refractivity contribution is 6.00. The van der Waals surface area contributed by atoms with E-state index >= 15 is 0 Å². The third kappa shape index (κ3) is 2.41. The topological polar surface area (TPSA) is 123 Å². The maximum absolute atomic E-state index is 10.6. The van der Waals surface area contributed by atoms with Crippen molar-refractivity contribution in [3.8, 4) is 6.07 Å². The molecule has 0 aliphatic carbocycles. The van der Waals surface area contributed by atoms with Crippen LogP contribution < -0.4 is 5.73 Å². The predicted molar refractivity (Wildman–Crippen MR) is 48.1 cm³/mol. The molecular formula is C8H5N3O4. The number of amides is 1. The van der Waals surface area contributed by atoms with Gasteiger partial charge in [0.1, 0.15) is 22.3 Å². The van der Waals surface area contributed by atoms with Crippen molar-refractivity contribution in [2.24, 2.45) is 5.73 Å². The largest absolute Gasteiger partial charge is 0.433 e. The highest BCUT2D eigenvalue weighted by Gasteiger charge is 2.12. The van der Waals surface area contributed by atoms with Crippen LogP contribution in [0.1, 0.15) is 5.76 Å². The van der Waals surface area contributed by atoms with Crippen LogP contribution in [0.3, 0.4) is 0 Å². The molecule has 1 heterocycles. The minimum Gasteiger partial charge on any atom is -0.401 e. The Hall–Kier alpha value is -2.62. The fraction of sp³-hybridized carbons (Fsp3) is 0. The summed E-state index contributed by atoms with van der Waals surface area (Å²) in [5.74, 6) is -1.36. The second kappa shape index (κ2) is 4.06. The number of nitro groups is 1. The van der Waals surface area contributed by atoms with Crippen LogP contribution in [0.2, 0.25) is 0 Å². The summed E-state index contributed by atoms with van der Waals surface area (Å²) >= 11 is 0. The van der Waals surface area contributed by atoms with Gasteiger partial charge in [-0.1, -0.05) is 0 Å². The first kappa shape index (κ1) is 10.5. The summed E-state index contributed by atoms with van der Waals surface area (Å²) in [6.45, 7) is 0. The zero-order valence-electron chi connectivity index (χ0n) is 7.34. The van der Waals surface area contributed by atoms with E-state index in [1.54, 1.807) is 6.07 Å². The van der Waals surface area contributed by atoms with Crippen LogP contribution in [0.5, 0.6) is 0 Å². The molecule has 1 amide bonds. The van der Waals surface area contributed by atoms with Crippen LogP contribution in [0.4, 0.5) is 5.88 Å². The smallest absolute Gasteiger partial charge is 0.401 e. The molecule has 0 unspecified atom stereocenters. The van der Waals surface area contributed by atoms with Gasteiger partial charge in [-0.25, -0.2) is 0 Å². The molecule has 76 valence electrons. The Balaban J connectivity index is 3.04. The molecule has 0 radical (unpaired) electrons. The summed E-state index contributed by atoms with van der Waals surface area (Å²) in [7, 11) is 0. The molecule has 7 heteroatoms. The minimum absolute atomic E-state index is 0.0250. The number of hydrogen-bond acceptors (Lipinski definition) is 5. The number of primary amides is 1. The molecular weight excluding hydrogens is 202 g/mol. The average molecular weight is 207 g/mol. The van der Waals surface area contributed by atoms with Gasteiger partial charge in [0.25, 0.3) is 5.91 Å². The van der Waals surface area contributed by atoms with Gasteiger partial charge in [0.15, 0.2) is 0 Å². The normalized spacial score (nSPS) is 10.7. The molecule has 0 bridgehead atoms. The lowest BCUT2D eigenvalue weighted by atomic mass is 10.2. The summed E-state index contributed by atoms with van der Waals surface area (Å²) in [6.07, 6.45) is 1.04. The van der Waals surface area contributed by atoms with Crippen LogP contribution >= 0.6 is 0 Å². The number of nitriles is 1. The number of nitrogens with zero attached hydrogens (tertiary/aromatic N) is 2. The Labute approximate surface area is 83.5 Å². The van der Waals surface area contributed by atoms with Gasteiger partial charge in [0.2, 0.25) is 0 Å². The van der Waals surface area contributed by atoms with E-state index in [-0.39, 0.29) is 11.3 Å². The molecule has 0 saturated heterocycles. The van der Waals surface area contributed by atoms with Crippen molar-refractivity contribution in [3.63, 3.8) is 0 Å². The van der Waals surface area contributed by atoms with Crippen molar-refractivity contribution in [1.82, 2.24) is 0 Å². The third-order valence-corrected chi connectivity index (χ3v) is 1.47. The first-order chi connectivity index (χ1) is 7.04. The number of rotatable bonds is 3. The number of hydrogen-bond donors (Lipinski definition) is 1.